The van der Waals surface area contributed by atoms with E-state index in [9.17, 15) is 0 Å². The molecule has 0 aliphatic heterocycles. The van der Waals surface area contributed by atoms with Crippen LogP contribution in [0.4, 0.5) is 0 Å². The highest BCUT2D eigenvalue weighted by Gasteiger charge is 2.01. The van der Waals surface area contributed by atoms with Gasteiger partial charge >= 0.3 is 0 Å². The van der Waals surface area contributed by atoms with Gasteiger partial charge in [-0.2, -0.15) is 0 Å². The van der Waals surface area contributed by atoms with Crippen LogP contribution in [0.2, 0.25) is 0 Å². The third-order valence-electron chi connectivity index (χ3n) is 2.57. The molecule has 0 bridgehead atoms. The van der Waals surface area contributed by atoms with Gasteiger partial charge in [0.2, 0.25) is 0 Å². The summed E-state index contributed by atoms with van der Waals surface area (Å²) in [6.07, 6.45) is 11.8. The van der Waals surface area contributed by atoms with E-state index < -0.39 is 0 Å². The summed E-state index contributed by atoms with van der Waals surface area (Å²) in [5.74, 6) is 0. The van der Waals surface area contributed by atoms with E-state index in [1.165, 1.54) is 16.7 Å². The minimum atomic E-state index is 0.888. The third-order valence-corrected chi connectivity index (χ3v) is 2.79. The fourth-order valence-electron chi connectivity index (χ4n) is 1.50. The highest BCUT2D eigenvalue weighted by molar-refractivity contribution is 7.78. The van der Waals surface area contributed by atoms with E-state index in [0.29, 0.717) is 0 Å². The first-order valence-electron chi connectivity index (χ1n) is 5.30. The van der Waals surface area contributed by atoms with E-state index in [1.807, 2.05) is 0 Å². The largest absolute Gasteiger partial charge is 0.266 e. The minimum Gasteiger partial charge on any atom is -0.266 e. The molecule has 2 heteroatoms. The maximum absolute atomic E-state index is 4.04. The summed E-state index contributed by atoms with van der Waals surface area (Å²) in [4.78, 5) is 0. The molecule has 82 valence electrons. The molecule has 1 nitrogen and oxygen atoms in total. The van der Waals surface area contributed by atoms with E-state index >= 15 is 0 Å². The Labute approximate surface area is 98.2 Å². The second-order valence-electron chi connectivity index (χ2n) is 3.82. The lowest BCUT2D eigenvalue weighted by Crippen LogP contribution is -2.01. The molecule has 15 heavy (non-hydrogen) atoms. The minimum absolute atomic E-state index is 0.888. The molecule has 1 aliphatic rings. The number of allylic oxidation sites excluding steroid dienone is 6. The third kappa shape index (κ3) is 4.54. The standard InChI is InChI=1S/C13H19NS/c1-11(9-10-14-15)7-8-12(2)13-5-3-4-6-13/h3-5,8,14-15H,1,6-7,9-10H2,2H3/b12-8+. The zero-order valence-corrected chi connectivity index (χ0v) is 10.2. The van der Waals surface area contributed by atoms with Crippen molar-refractivity contribution in [3.63, 3.8) is 0 Å². The van der Waals surface area contributed by atoms with Gasteiger partial charge < -0.3 is 0 Å². The summed E-state index contributed by atoms with van der Waals surface area (Å²) in [6.45, 7) is 7.09. The van der Waals surface area contributed by atoms with Crippen LogP contribution in [0.25, 0.3) is 0 Å². The summed E-state index contributed by atoms with van der Waals surface area (Å²) in [7, 11) is 0. The maximum atomic E-state index is 4.04. The maximum Gasteiger partial charge on any atom is 0.00934 e. The lowest BCUT2D eigenvalue weighted by Gasteiger charge is -2.04. The first-order chi connectivity index (χ1) is 7.24. The van der Waals surface area contributed by atoms with E-state index in [1.54, 1.807) is 0 Å². The van der Waals surface area contributed by atoms with E-state index in [0.717, 1.165) is 25.8 Å². The first kappa shape index (κ1) is 12.3. The van der Waals surface area contributed by atoms with Crippen LogP contribution in [-0.2, 0) is 0 Å². The molecule has 0 aromatic carbocycles. The molecule has 0 saturated heterocycles. The van der Waals surface area contributed by atoms with Crippen LogP contribution in [0.3, 0.4) is 0 Å². The van der Waals surface area contributed by atoms with Gasteiger partial charge in [0.15, 0.2) is 0 Å². The summed E-state index contributed by atoms with van der Waals surface area (Å²) < 4.78 is 2.83. The predicted molar refractivity (Wildman–Crippen MR) is 71.0 cm³/mol. The normalized spacial score (nSPS) is 15.6. The van der Waals surface area contributed by atoms with Crippen LogP contribution in [-0.4, -0.2) is 6.54 Å². The van der Waals surface area contributed by atoms with Gasteiger partial charge in [-0.05, 0) is 31.8 Å². The smallest absolute Gasteiger partial charge is 0.00934 e. The molecule has 0 heterocycles. The quantitative estimate of drug-likeness (QED) is 0.516. The fraction of sp³-hybridized carbons (Fsp3) is 0.385. The Morgan fingerprint density at radius 2 is 2.47 bits per heavy atom. The molecule has 0 fully saturated rings. The Bertz CT molecular complexity index is 310. The number of nitrogens with one attached hydrogen (secondary N) is 1. The Kier molecular flexibility index (Phi) is 5.51. The molecule has 0 aromatic heterocycles. The van der Waals surface area contributed by atoms with Crippen molar-refractivity contribution in [2.24, 2.45) is 0 Å². The second kappa shape index (κ2) is 6.70. The Morgan fingerprint density at radius 1 is 1.67 bits per heavy atom. The molecule has 1 aliphatic carbocycles. The fourth-order valence-corrected chi connectivity index (χ4v) is 1.61. The summed E-state index contributed by atoms with van der Waals surface area (Å²) in [6, 6.07) is 0. The zero-order chi connectivity index (χ0) is 11.1. The van der Waals surface area contributed by atoms with Gasteiger partial charge in [-0.3, -0.25) is 4.72 Å². The monoisotopic (exact) mass is 221 g/mol. The van der Waals surface area contributed by atoms with Crippen LogP contribution < -0.4 is 4.72 Å². The van der Waals surface area contributed by atoms with Crippen molar-refractivity contribution < 1.29 is 0 Å². The molecule has 1 N–H and O–H groups in total. The van der Waals surface area contributed by atoms with Crippen LogP contribution in [0, 0.1) is 0 Å². The van der Waals surface area contributed by atoms with Crippen molar-refractivity contribution >= 4 is 12.8 Å². The topological polar surface area (TPSA) is 12.0 Å². The Balaban J connectivity index is 2.33. The Morgan fingerprint density at radius 3 is 3.07 bits per heavy atom. The van der Waals surface area contributed by atoms with Gasteiger partial charge in [0.25, 0.3) is 0 Å². The van der Waals surface area contributed by atoms with Gasteiger partial charge in [-0.1, -0.05) is 54.8 Å². The molecular formula is C13H19NS. The number of thiol groups is 1. The zero-order valence-electron chi connectivity index (χ0n) is 9.29. The van der Waals surface area contributed by atoms with Crippen molar-refractivity contribution in [1.29, 1.82) is 0 Å². The van der Waals surface area contributed by atoms with Crippen LogP contribution in [0.5, 0.6) is 0 Å². The first-order valence-corrected chi connectivity index (χ1v) is 5.75. The summed E-state index contributed by atoms with van der Waals surface area (Å²) in [5.41, 5.74) is 4.05. The number of hydrogen-bond donors (Lipinski definition) is 2. The van der Waals surface area contributed by atoms with Crippen molar-refractivity contribution in [3.8, 4) is 0 Å². The second-order valence-corrected chi connectivity index (χ2v) is 4.14. The summed E-state index contributed by atoms with van der Waals surface area (Å²) in [5, 5.41) is 0. The van der Waals surface area contributed by atoms with Gasteiger partial charge in [0.05, 0.1) is 0 Å². The molecule has 0 aromatic rings. The molecule has 0 radical (unpaired) electrons. The molecule has 0 amide bonds. The van der Waals surface area contributed by atoms with Crippen molar-refractivity contribution in [2.45, 2.75) is 26.2 Å². The average molecular weight is 221 g/mol. The van der Waals surface area contributed by atoms with E-state index in [2.05, 4.69) is 55.3 Å². The predicted octanol–water partition coefficient (Wildman–Crippen LogP) is 3.59. The number of hydrogen-bond acceptors (Lipinski definition) is 2. The van der Waals surface area contributed by atoms with E-state index in [4.69, 9.17) is 0 Å². The molecule has 1 rings (SSSR count). The van der Waals surface area contributed by atoms with Crippen molar-refractivity contribution in [1.82, 2.24) is 4.72 Å². The lowest BCUT2D eigenvalue weighted by molar-refractivity contribution is 0.880. The summed E-state index contributed by atoms with van der Waals surface area (Å²) >= 11 is 3.95. The SMILES string of the molecule is C=C(C/C=C(\C)C1=CC=CC1)CCNS. The molecule has 0 saturated carbocycles. The molecule has 0 atom stereocenters. The molecular weight excluding hydrogens is 202 g/mol. The van der Waals surface area contributed by atoms with Crippen LogP contribution >= 0.6 is 12.8 Å². The molecule has 0 spiro atoms. The molecule has 0 unspecified atom stereocenters. The van der Waals surface area contributed by atoms with Gasteiger partial charge in [0, 0.05) is 6.54 Å². The lowest BCUT2D eigenvalue weighted by atomic mass is 10.0. The van der Waals surface area contributed by atoms with Gasteiger partial charge in [-0.25, -0.2) is 0 Å². The van der Waals surface area contributed by atoms with Crippen molar-refractivity contribution in [3.05, 3.63) is 47.6 Å². The average Bonchev–Trinajstić information content (AvgIpc) is 2.76. The highest BCUT2D eigenvalue weighted by Crippen LogP contribution is 2.20. The van der Waals surface area contributed by atoms with E-state index in [-0.39, 0.29) is 0 Å². The van der Waals surface area contributed by atoms with Gasteiger partial charge in [-0.15, -0.1) is 0 Å². The Hall–Kier alpha value is -0.730. The van der Waals surface area contributed by atoms with Crippen molar-refractivity contribution in [2.75, 3.05) is 6.54 Å². The van der Waals surface area contributed by atoms with Gasteiger partial charge in [0.1, 0.15) is 0 Å². The van der Waals surface area contributed by atoms with Crippen LogP contribution in [0.1, 0.15) is 26.2 Å². The highest BCUT2D eigenvalue weighted by atomic mass is 32.1. The van der Waals surface area contributed by atoms with Crippen LogP contribution in [0.15, 0.2) is 47.6 Å². The number of rotatable bonds is 6.